The van der Waals surface area contributed by atoms with Crippen molar-refractivity contribution in [2.45, 2.75) is 57.9 Å². The smallest absolute Gasteiger partial charge is 0.158 e. The Bertz CT molecular complexity index is 1150. The maximum absolute atomic E-state index is 5.21. The summed E-state index contributed by atoms with van der Waals surface area (Å²) in [4.78, 5) is 10.2. The quantitative estimate of drug-likeness (QED) is 0.288. The Balaban J connectivity index is 1.77. The van der Waals surface area contributed by atoms with Crippen LogP contribution in [0.4, 0.5) is 22.9 Å². The lowest BCUT2D eigenvalue weighted by atomic mass is 9.80. The minimum atomic E-state index is -1.55. The number of benzene rings is 2. The van der Waals surface area contributed by atoms with E-state index >= 15 is 0 Å². The monoisotopic (exact) mass is 453 g/mol. The molecule has 0 saturated carbocycles. The fourth-order valence-corrected chi connectivity index (χ4v) is 9.76. The second-order valence-electron chi connectivity index (χ2n) is 9.58. The molecule has 3 unspecified atom stereocenters. The summed E-state index contributed by atoms with van der Waals surface area (Å²) in [6, 6.07) is 25.9. The third kappa shape index (κ3) is 3.18. The van der Waals surface area contributed by atoms with Crippen molar-refractivity contribution in [3.63, 3.8) is 0 Å². The van der Waals surface area contributed by atoms with Crippen molar-refractivity contribution in [2.75, 3.05) is 9.80 Å². The van der Waals surface area contributed by atoms with E-state index in [0.717, 1.165) is 5.82 Å². The number of hydrogen-bond acceptors (Lipinski definition) is 3. The lowest BCUT2D eigenvalue weighted by Gasteiger charge is -2.44. The van der Waals surface area contributed by atoms with Crippen LogP contribution in [0.1, 0.15) is 39.2 Å². The molecule has 0 bridgehead atoms. The van der Waals surface area contributed by atoms with E-state index in [2.05, 4.69) is 117 Å². The maximum Gasteiger partial charge on any atom is 0.158 e. The van der Waals surface area contributed by atoms with Crippen LogP contribution in [-0.2, 0) is 0 Å². The van der Waals surface area contributed by atoms with E-state index < -0.39 is 8.07 Å². The van der Waals surface area contributed by atoms with Gasteiger partial charge in [0.25, 0.3) is 0 Å². The van der Waals surface area contributed by atoms with Gasteiger partial charge in [-0.25, -0.2) is 4.98 Å². The Morgan fingerprint density at radius 3 is 2.24 bits per heavy atom. The standard InChI is InChI=1S/C29H35N3Si/c1-6-24-21(5)29-31(22-15-11-10-12-16-22)27-19-23(33(7-2,8-3)9-4)20-30-28(27)32(29)26-18-14-13-17-25(24)26/h6,10-21,24,29H,1,7-9H2,2-5H3. The van der Waals surface area contributed by atoms with Gasteiger partial charge >= 0.3 is 0 Å². The first-order chi connectivity index (χ1) is 16.1. The summed E-state index contributed by atoms with van der Waals surface area (Å²) in [5, 5.41) is 1.50. The average molecular weight is 454 g/mol. The Morgan fingerprint density at radius 2 is 1.58 bits per heavy atom. The summed E-state index contributed by atoms with van der Waals surface area (Å²) < 4.78 is 0. The number of hydrogen-bond donors (Lipinski definition) is 0. The normalized spacial score (nSPS) is 21.4. The lowest BCUT2D eigenvalue weighted by Crippen LogP contribution is -2.48. The van der Waals surface area contributed by atoms with Crippen LogP contribution in [0.5, 0.6) is 0 Å². The van der Waals surface area contributed by atoms with Gasteiger partial charge in [0, 0.05) is 29.4 Å². The molecule has 2 aliphatic heterocycles. The van der Waals surface area contributed by atoms with Crippen LogP contribution < -0.4 is 15.0 Å². The highest BCUT2D eigenvalue weighted by atomic mass is 28.3. The molecule has 1 aromatic heterocycles. The van der Waals surface area contributed by atoms with Crippen LogP contribution in [0, 0.1) is 5.92 Å². The Kier molecular flexibility index (Phi) is 5.65. The highest BCUT2D eigenvalue weighted by molar-refractivity contribution is 6.91. The molecule has 170 valence electrons. The van der Waals surface area contributed by atoms with Gasteiger partial charge in [-0.2, -0.15) is 0 Å². The van der Waals surface area contributed by atoms with E-state index in [1.165, 1.54) is 45.9 Å². The van der Waals surface area contributed by atoms with Gasteiger partial charge in [0.15, 0.2) is 5.82 Å². The van der Waals surface area contributed by atoms with Crippen LogP contribution in [0.2, 0.25) is 18.1 Å². The van der Waals surface area contributed by atoms with Gasteiger partial charge in [0.05, 0.1) is 13.8 Å². The molecule has 0 radical (unpaired) electrons. The second kappa shape index (κ2) is 8.49. The Morgan fingerprint density at radius 1 is 0.909 bits per heavy atom. The molecular weight excluding hydrogens is 418 g/mol. The zero-order valence-corrected chi connectivity index (χ0v) is 21.3. The number of fused-ring (bicyclic) bond motifs is 5. The zero-order chi connectivity index (χ0) is 23.2. The summed E-state index contributed by atoms with van der Waals surface area (Å²) in [5.41, 5.74) is 5.09. The van der Waals surface area contributed by atoms with Crippen LogP contribution in [0.15, 0.2) is 79.5 Å². The number of anilines is 4. The number of pyridine rings is 1. The van der Waals surface area contributed by atoms with Gasteiger partial charge in [0.2, 0.25) is 0 Å². The largest absolute Gasteiger partial charge is 0.317 e. The van der Waals surface area contributed by atoms with Crippen LogP contribution in [0.3, 0.4) is 0 Å². The highest BCUT2D eigenvalue weighted by Gasteiger charge is 2.48. The third-order valence-electron chi connectivity index (χ3n) is 8.39. The SMILES string of the molecule is C=CC1c2ccccc2N2c3ncc([Si](CC)(CC)CC)cc3N(c3ccccc3)C2C1C. The van der Waals surface area contributed by atoms with E-state index in [-0.39, 0.29) is 6.17 Å². The van der Waals surface area contributed by atoms with Crippen LogP contribution in [0.25, 0.3) is 0 Å². The first-order valence-corrected chi connectivity index (χ1v) is 15.1. The van der Waals surface area contributed by atoms with Crippen LogP contribution >= 0.6 is 0 Å². The van der Waals surface area contributed by atoms with E-state index in [0.29, 0.717) is 11.8 Å². The lowest BCUT2D eigenvalue weighted by molar-refractivity contribution is 0.409. The third-order valence-corrected chi connectivity index (χ3v) is 13.9. The van der Waals surface area contributed by atoms with Crippen LogP contribution in [-0.4, -0.2) is 19.2 Å². The zero-order valence-electron chi connectivity index (χ0n) is 20.3. The molecule has 0 fully saturated rings. The summed E-state index contributed by atoms with van der Waals surface area (Å²) in [6.07, 6.45) is 4.51. The summed E-state index contributed by atoms with van der Waals surface area (Å²) in [7, 11) is -1.55. The predicted molar refractivity (Wildman–Crippen MR) is 144 cm³/mol. The van der Waals surface area contributed by atoms with Gasteiger partial charge in [-0.3, -0.25) is 0 Å². The van der Waals surface area contributed by atoms with E-state index in [9.17, 15) is 0 Å². The Hall–Kier alpha value is -2.85. The molecular formula is C29H35N3Si. The van der Waals surface area contributed by atoms with Crippen molar-refractivity contribution in [3.8, 4) is 0 Å². The van der Waals surface area contributed by atoms with Gasteiger partial charge in [-0.15, -0.1) is 6.58 Å². The molecule has 3 nitrogen and oxygen atoms in total. The fourth-order valence-electron chi connectivity index (χ4n) is 6.25. The van der Waals surface area contributed by atoms with Crippen molar-refractivity contribution in [1.29, 1.82) is 0 Å². The molecule has 0 amide bonds. The molecule has 2 aliphatic rings. The first kappa shape index (κ1) is 22.0. The number of nitrogens with zero attached hydrogens (tertiary/aromatic N) is 3. The minimum absolute atomic E-state index is 0.170. The molecule has 3 heterocycles. The molecule has 3 atom stereocenters. The topological polar surface area (TPSA) is 19.4 Å². The highest BCUT2D eigenvalue weighted by Crippen LogP contribution is 2.55. The maximum atomic E-state index is 5.21. The van der Waals surface area contributed by atoms with Gasteiger partial charge in [0.1, 0.15) is 6.17 Å². The number of allylic oxidation sites excluding steroid dienone is 1. The molecule has 0 N–H and O–H groups in total. The van der Waals surface area contributed by atoms with Crippen molar-refractivity contribution in [1.82, 2.24) is 4.98 Å². The van der Waals surface area contributed by atoms with E-state index in [4.69, 9.17) is 4.98 Å². The summed E-state index contributed by atoms with van der Waals surface area (Å²) in [5.74, 6) is 1.75. The predicted octanol–water partition coefficient (Wildman–Crippen LogP) is 7.33. The summed E-state index contributed by atoms with van der Waals surface area (Å²) >= 11 is 0. The molecule has 3 aromatic rings. The van der Waals surface area contributed by atoms with Gasteiger partial charge < -0.3 is 9.80 Å². The minimum Gasteiger partial charge on any atom is -0.317 e. The average Bonchev–Trinajstić information content (AvgIpc) is 3.22. The molecule has 0 aliphatic carbocycles. The molecule has 5 rings (SSSR count). The molecule has 0 spiro atoms. The number of para-hydroxylation sites is 2. The van der Waals surface area contributed by atoms with Crippen molar-refractivity contribution >= 4 is 36.1 Å². The van der Waals surface area contributed by atoms with Crippen molar-refractivity contribution in [3.05, 3.63) is 85.1 Å². The second-order valence-corrected chi connectivity index (χ2v) is 14.8. The molecule has 33 heavy (non-hydrogen) atoms. The van der Waals surface area contributed by atoms with E-state index in [1.807, 2.05) is 0 Å². The Labute approximate surface area is 199 Å². The number of rotatable bonds is 6. The van der Waals surface area contributed by atoms with Gasteiger partial charge in [-0.05, 0) is 35.0 Å². The number of aromatic nitrogens is 1. The van der Waals surface area contributed by atoms with Crippen molar-refractivity contribution < 1.29 is 0 Å². The molecule has 0 saturated heterocycles. The first-order valence-electron chi connectivity index (χ1n) is 12.5. The summed E-state index contributed by atoms with van der Waals surface area (Å²) in [6.45, 7) is 13.7. The van der Waals surface area contributed by atoms with Crippen molar-refractivity contribution in [2.24, 2.45) is 5.92 Å². The molecule has 4 heteroatoms. The molecule has 2 aromatic carbocycles. The fraction of sp³-hybridized carbons (Fsp3) is 0.345. The van der Waals surface area contributed by atoms with Gasteiger partial charge in [-0.1, -0.05) is 88.3 Å². The van der Waals surface area contributed by atoms with E-state index in [1.54, 1.807) is 0 Å².